The van der Waals surface area contributed by atoms with E-state index >= 15 is 0 Å². The predicted octanol–water partition coefficient (Wildman–Crippen LogP) is 2.72. The van der Waals surface area contributed by atoms with E-state index in [4.69, 9.17) is 0 Å². The summed E-state index contributed by atoms with van der Waals surface area (Å²) in [5, 5.41) is 2.17. The smallest absolute Gasteiger partial charge is 0.150 e. The maximum absolute atomic E-state index is 4.55. The molecule has 1 aliphatic rings. The fourth-order valence-electron chi connectivity index (χ4n) is 3.05. The molecule has 6 heteroatoms. The Balaban J connectivity index is 1.47. The lowest BCUT2D eigenvalue weighted by molar-refractivity contribution is 0.249. The highest BCUT2D eigenvalue weighted by Gasteiger charge is 2.21. The molecule has 0 aromatic carbocycles. The van der Waals surface area contributed by atoms with E-state index in [0.29, 0.717) is 0 Å². The first kappa shape index (κ1) is 14.5. The summed E-state index contributed by atoms with van der Waals surface area (Å²) in [6.07, 6.45) is 5.42. The highest BCUT2D eigenvalue weighted by molar-refractivity contribution is 7.18. The van der Waals surface area contributed by atoms with Crippen molar-refractivity contribution in [2.75, 3.05) is 31.1 Å². The molecule has 1 saturated heterocycles. The lowest BCUT2D eigenvalue weighted by atomic mass is 10.2. The molecule has 0 saturated carbocycles. The molecule has 0 bridgehead atoms. The predicted molar refractivity (Wildman–Crippen MR) is 93.9 cm³/mol. The molecule has 5 nitrogen and oxygen atoms in total. The van der Waals surface area contributed by atoms with Crippen molar-refractivity contribution in [2.24, 2.45) is 0 Å². The van der Waals surface area contributed by atoms with E-state index in [2.05, 4.69) is 49.2 Å². The number of nitrogens with zero attached hydrogens (tertiary/aromatic N) is 5. The van der Waals surface area contributed by atoms with Crippen LogP contribution in [-0.4, -0.2) is 46.0 Å². The number of fused-ring (bicyclic) bond motifs is 1. The van der Waals surface area contributed by atoms with E-state index in [9.17, 15) is 0 Å². The average Bonchev–Trinajstić information content (AvgIpc) is 2.98. The van der Waals surface area contributed by atoms with Crippen molar-refractivity contribution in [1.29, 1.82) is 0 Å². The van der Waals surface area contributed by atoms with Gasteiger partial charge in [0.15, 0.2) is 0 Å². The number of anilines is 1. The number of aromatic nitrogens is 3. The van der Waals surface area contributed by atoms with Gasteiger partial charge in [0.05, 0.1) is 10.2 Å². The molecule has 0 radical (unpaired) electrons. The summed E-state index contributed by atoms with van der Waals surface area (Å²) in [6.45, 7) is 7.23. The average molecular weight is 325 g/mol. The largest absolute Gasteiger partial charge is 0.353 e. The fourth-order valence-corrected chi connectivity index (χ4v) is 4.07. The fraction of sp³-hybridized carbons (Fsp3) is 0.353. The first-order chi connectivity index (χ1) is 11.3. The maximum Gasteiger partial charge on any atom is 0.150 e. The zero-order valence-corrected chi connectivity index (χ0v) is 14.0. The Morgan fingerprint density at radius 3 is 2.65 bits per heavy atom. The van der Waals surface area contributed by atoms with E-state index in [1.165, 1.54) is 15.8 Å². The number of rotatable bonds is 3. The second-order valence-electron chi connectivity index (χ2n) is 5.91. The summed E-state index contributed by atoms with van der Waals surface area (Å²) >= 11 is 1.75. The number of aryl methyl sites for hydroxylation is 1. The summed E-state index contributed by atoms with van der Waals surface area (Å²) in [5.41, 5.74) is 3.66. The van der Waals surface area contributed by atoms with E-state index in [0.717, 1.165) is 44.1 Å². The zero-order valence-electron chi connectivity index (χ0n) is 13.1. The molecule has 4 rings (SSSR count). The normalized spacial score (nSPS) is 16.1. The maximum atomic E-state index is 4.55. The van der Waals surface area contributed by atoms with Gasteiger partial charge in [0.2, 0.25) is 0 Å². The first-order valence-electron chi connectivity index (χ1n) is 7.86. The van der Waals surface area contributed by atoms with Crippen LogP contribution in [0.3, 0.4) is 0 Å². The van der Waals surface area contributed by atoms with E-state index < -0.39 is 0 Å². The van der Waals surface area contributed by atoms with E-state index in [-0.39, 0.29) is 0 Å². The van der Waals surface area contributed by atoms with Gasteiger partial charge in [-0.3, -0.25) is 9.88 Å². The monoisotopic (exact) mass is 325 g/mol. The lowest BCUT2D eigenvalue weighted by Crippen LogP contribution is -2.46. The van der Waals surface area contributed by atoms with Gasteiger partial charge in [0, 0.05) is 45.1 Å². The van der Waals surface area contributed by atoms with Crippen LogP contribution in [0.2, 0.25) is 0 Å². The molecule has 1 fully saturated rings. The van der Waals surface area contributed by atoms with Crippen LogP contribution in [0.5, 0.6) is 0 Å². The van der Waals surface area contributed by atoms with Gasteiger partial charge in [0.1, 0.15) is 12.1 Å². The molecule has 3 aromatic heterocycles. The second-order valence-corrected chi connectivity index (χ2v) is 6.79. The third-order valence-electron chi connectivity index (χ3n) is 4.34. The van der Waals surface area contributed by atoms with Crippen LogP contribution in [-0.2, 0) is 6.54 Å². The van der Waals surface area contributed by atoms with Gasteiger partial charge >= 0.3 is 0 Å². The van der Waals surface area contributed by atoms with E-state index in [1.807, 2.05) is 12.4 Å². The van der Waals surface area contributed by atoms with Crippen molar-refractivity contribution in [3.05, 3.63) is 47.4 Å². The van der Waals surface area contributed by atoms with Crippen molar-refractivity contribution >= 4 is 27.4 Å². The van der Waals surface area contributed by atoms with Crippen molar-refractivity contribution in [3.8, 4) is 0 Å². The minimum Gasteiger partial charge on any atom is -0.353 e. The van der Waals surface area contributed by atoms with Crippen LogP contribution in [0.4, 0.5) is 5.82 Å². The topological polar surface area (TPSA) is 45.2 Å². The minimum absolute atomic E-state index is 0.994. The van der Waals surface area contributed by atoms with Gasteiger partial charge in [-0.15, -0.1) is 11.3 Å². The Hall–Kier alpha value is -2.05. The van der Waals surface area contributed by atoms with Gasteiger partial charge < -0.3 is 4.90 Å². The molecule has 0 amide bonds. The van der Waals surface area contributed by atoms with Gasteiger partial charge in [0.25, 0.3) is 0 Å². The van der Waals surface area contributed by atoms with Crippen LogP contribution in [0.25, 0.3) is 10.2 Å². The Morgan fingerprint density at radius 1 is 1.09 bits per heavy atom. The number of pyridine rings is 1. The van der Waals surface area contributed by atoms with Crippen molar-refractivity contribution in [2.45, 2.75) is 13.5 Å². The summed E-state index contributed by atoms with van der Waals surface area (Å²) in [5.74, 6) is 1.09. The molecular weight excluding hydrogens is 306 g/mol. The lowest BCUT2D eigenvalue weighted by Gasteiger charge is -2.35. The highest BCUT2D eigenvalue weighted by atomic mass is 32.1. The summed E-state index contributed by atoms with van der Waals surface area (Å²) in [7, 11) is 0. The first-order valence-corrected chi connectivity index (χ1v) is 8.74. The summed E-state index contributed by atoms with van der Waals surface area (Å²) in [4.78, 5) is 17.9. The molecule has 0 unspecified atom stereocenters. The van der Waals surface area contributed by atoms with E-state index in [1.54, 1.807) is 17.7 Å². The number of hydrogen-bond donors (Lipinski definition) is 0. The zero-order chi connectivity index (χ0) is 15.6. The Labute approximate surface area is 139 Å². The van der Waals surface area contributed by atoms with Gasteiger partial charge in [-0.2, -0.15) is 0 Å². The standard InChI is InChI=1S/C17H19N5S/c1-13-11-23-16-15(13)19-12-20-17(16)22-8-6-21(7-9-22)10-14-2-4-18-5-3-14/h2-5,11-12H,6-10H2,1H3. The second kappa shape index (κ2) is 6.22. The number of hydrogen-bond acceptors (Lipinski definition) is 6. The van der Waals surface area contributed by atoms with Crippen molar-refractivity contribution < 1.29 is 0 Å². The molecule has 0 atom stereocenters. The van der Waals surface area contributed by atoms with Gasteiger partial charge in [-0.1, -0.05) is 0 Å². The van der Waals surface area contributed by atoms with Crippen molar-refractivity contribution in [3.63, 3.8) is 0 Å². The summed E-state index contributed by atoms with van der Waals surface area (Å²) < 4.78 is 1.22. The van der Waals surface area contributed by atoms with Crippen LogP contribution in [0, 0.1) is 6.92 Å². The minimum atomic E-state index is 0.994. The Bertz CT molecular complexity index is 793. The molecule has 0 spiro atoms. The van der Waals surface area contributed by atoms with Gasteiger partial charge in [-0.05, 0) is 35.6 Å². The molecule has 0 aliphatic carbocycles. The quantitative estimate of drug-likeness (QED) is 0.741. The number of thiophene rings is 1. The molecule has 23 heavy (non-hydrogen) atoms. The molecular formula is C17H19N5S. The van der Waals surface area contributed by atoms with Crippen LogP contribution in [0.15, 0.2) is 36.2 Å². The third kappa shape index (κ3) is 2.92. The molecule has 0 N–H and O–H groups in total. The highest BCUT2D eigenvalue weighted by Crippen LogP contribution is 2.31. The van der Waals surface area contributed by atoms with Crippen LogP contribution < -0.4 is 4.90 Å². The van der Waals surface area contributed by atoms with Crippen LogP contribution >= 0.6 is 11.3 Å². The molecule has 118 valence electrons. The third-order valence-corrected chi connectivity index (χ3v) is 5.42. The van der Waals surface area contributed by atoms with Crippen molar-refractivity contribution in [1.82, 2.24) is 19.9 Å². The Morgan fingerprint density at radius 2 is 1.87 bits per heavy atom. The SMILES string of the molecule is Cc1csc2c(N3CCN(Cc4ccncc4)CC3)ncnc12. The summed E-state index contributed by atoms with van der Waals surface area (Å²) in [6, 6.07) is 4.18. The molecule has 1 aliphatic heterocycles. The molecule has 3 aromatic rings. The molecule has 4 heterocycles. The number of piperazine rings is 1. The Kier molecular flexibility index (Phi) is 3.93. The van der Waals surface area contributed by atoms with Gasteiger partial charge in [-0.25, -0.2) is 9.97 Å². The van der Waals surface area contributed by atoms with Crippen LogP contribution in [0.1, 0.15) is 11.1 Å².